The van der Waals surface area contributed by atoms with Crippen molar-refractivity contribution in [2.75, 3.05) is 13.1 Å². The lowest BCUT2D eigenvalue weighted by molar-refractivity contribution is -0.139. The molecule has 0 bridgehead atoms. The van der Waals surface area contributed by atoms with Crippen molar-refractivity contribution >= 4 is 39.1 Å². The van der Waals surface area contributed by atoms with Gasteiger partial charge < -0.3 is 9.64 Å². The van der Waals surface area contributed by atoms with Crippen LogP contribution in [0.4, 0.5) is 0 Å². The Morgan fingerprint density at radius 1 is 1.19 bits per heavy atom. The van der Waals surface area contributed by atoms with E-state index in [2.05, 4.69) is 12.1 Å². The van der Waals surface area contributed by atoms with E-state index in [1.54, 1.807) is 30.4 Å². The predicted molar refractivity (Wildman–Crippen MR) is 110 cm³/mol. The molecule has 1 atom stereocenters. The number of amides is 1. The summed E-state index contributed by atoms with van der Waals surface area (Å²) in [4.78, 5) is 19.4. The lowest BCUT2D eigenvalue weighted by Gasteiger charge is -2.32. The predicted octanol–water partition coefficient (Wildman–Crippen LogP) is 5.12. The summed E-state index contributed by atoms with van der Waals surface area (Å²) in [5, 5.41) is 1.70. The lowest BCUT2D eigenvalue weighted by atomic mass is 9.97. The van der Waals surface area contributed by atoms with Crippen LogP contribution in [0.5, 0.6) is 5.75 Å². The summed E-state index contributed by atoms with van der Waals surface area (Å²) in [5.41, 5.74) is 1.07. The minimum atomic E-state index is -0.552. The molecule has 1 amide bonds. The first-order chi connectivity index (χ1) is 13.1. The van der Waals surface area contributed by atoms with Crippen molar-refractivity contribution in [2.45, 2.75) is 31.8 Å². The molecule has 2 aromatic carbocycles. The Labute approximate surface area is 167 Å². The van der Waals surface area contributed by atoms with Gasteiger partial charge in [0.2, 0.25) is 0 Å². The fourth-order valence-corrected chi connectivity index (χ4v) is 4.77. The molecule has 0 spiro atoms. The van der Waals surface area contributed by atoms with Crippen molar-refractivity contribution in [1.82, 2.24) is 9.88 Å². The third kappa shape index (κ3) is 3.94. The topological polar surface area (TPSA) is 42.4 Å². The van der Waals surface area contributed by atoms with Gasteiger partial charge in [-0.15, -0.1) is 11.3 Å². The average Bonchev–Trinajstić information content (AvgIpc) is 3.13. The quantitative estimate of drug-likeness (QED) is 0.610. The number of fused-ring (bicyclic) bond motifs is 1. The Hall–Kier alpha value is -2.11. The van der Waals surface area contributed by atoms with E-state index in [9.17, 15) is 4.79 Å². The van der Waals surface area contributed by atoms with Gasteiger partial charge in [0.1, 0.15) is 5.75 Å². The van der Waals surface area contributed by atoms with Gasteiger partial charge in [0.15, 0.2) is 6.10 Å². The number of carbonyl (C=O) groups is 1. The molecule has 0 radical (unpaired) electrons. The van der Waals surface area contributed by atoms with Crippen LogP contribution in [-0.2, 0) is 4.79 Å². The van der Waals surface area contributed by atoms with Crippen molar-refractivity contribution in [1.29, 1.82) is 0 Å². The number of thiazole rings is 1. The SMILES string of the molecule is C[C@@H](Oc1ccccc1Cl)C(=O)N1CCC(c2nc3ccccc3s2)CC1. The number of nitrogens with zero attached hydrogens (tertiary/aromatic N) is 2. The fourth-order valence-electron chi connectivity index (χ4n) is 3.45. The number of para-hydroxylation sites is 2. The Kier molecular flexibility index (Phi) is 5.32. The number of piperidine rings is 1. The van der Waals surface area contributed by atoms with E-state index in [0.29, 0.717) is 16.7 Å². The number of rotatable bonds is 4. The van der Waals surface area contributed by atoms with Gasteiger partial charge in [-0.05, 0) is 44.0 Å². The smallest absolute Gasteiger partial charge is 0.263 e. The largest absolute Gasteiger partial charge is 0.479 e. The van der Waals surface area contributed by atoms with Crippen LogP contribution in [0.1, 0.15) is 30.7 Å². The number of benzene rings is 2. The summed E-state index contributed by atoms with van der Waals surface area (Å²) in [6.07, 6.45) is 1.32. The zero-order valence-electron chi connectivity index (χ0n) is 15.1. The highest BCUT2D eigenvalue weighted by Crippen LogP contribution is 2.34. The molecule has 0 N–H and O–H groups in total. The van der Waals surface area contributed by atoms with Crippen LogP contribution < -0.4 is 4.74 Å². The number of ether oxygens (including phenoxy) is 1. The van der Waals surface area contributed by atoms with Crippen molar-refractivity contribution < 1.29 is 9.53 Å². The van der Waals surface area contributed by atoms with Crippen LogP contribution >= 0.6 is 22.9 Å². The van der Waals surface area contributed by atoms with E-state index in [4.69, 9.17) is 21.3 Å². The molecule has 1 aliphatic heterocycles. The first-order valence-corrected chi connectivity index (χ1v) is 10.4. The number of hydrogen-bond acceptors (Lipinski definition) is 4. The lowest BCUT2D eigenvalue weighted by Crippen LogP contribution is -2.44. The summed E-state index contributed by atoms with van der Waals surface area (Å²) in [5.74, 6) is 0.980. The number of carbonyl (C=O) groups excluding carboxylic acids is 1. The summed E-state index contributed by atoms with van der Waals surface area (Å²) >= 11 is 7.89. The molecule has 2 heterocycles. The summed E-state index contributed by atoms with van der Waals surface area (Å²) < 4.78 is 7.01. The second-order valence-electron chi connectivity index (χ2n) is 6.81. The molecule has 1 aliphatic rings. The van der Waals surface area contributed by atoms with Crippen molar-refractivity contribution in [3.8, 4) is 5.75 Å². The molecule has 1 saturated heterocycles. The van der Waals surface area contributed by atoms with Crippen LogP contribution in [0.3, 0.4) is 0 Å². The van der Waals surface area contributed by atoms with Crippen LogP contribution in [0.15, 0.2) is 48.5 Å². The highest BCUT2D eigenvalue weighted by molar-refractivity contribution is 7.18. The van der Waals surface area contributed by atoms with Crippen molar-refractivity contribution in [2.24, 2.45) is 0 Å². The van der Waals surface area contributed by atoms with Gasteiger partial charge >= 0.3 is 0 Å². The number of halogens is 1. The zero-order chi connectivity index (χ0) is 18.8. The average molecular weight is 401 g/mol. The van der Waals surface area contributed by atoms with Gasteiger partial charge in [-0.2, -0.15) is 0 Å². The monoisotopic (exact) mass is 400 g/mol. The highest BCUT2D eigenvalue weighted by Gasteiger charge is 2.29. The number of aromatic nitrogens is 1. The second kappa shape index (κ2) is 7.87. The Bertz CT molecular complexity index is 917. The van der Waals surface area contributed by atoms with E-state index < -0.39 is 6.10 Å². The molecule has 4 rings (SSSR count). The van der Waals surface area contributed by atoms with Gasteiger partial charge in [0.05, 0.1) is 20.2 Å². The Balaban J connectivity index is 1.36. The third-order valence-corrected chi connectivity index (χ3v) is 6.47. The Morgan fingerprint density at radius 3 is 2.63 bits per heavy atom. The molecule has 140 valence electrons. The normalized spacial score (nSPS) is 16.4. The molecule has 1 aromatic heterocycles. The van der Waals surface area contributed by atoms with E-state index in [0.717, 1.165) is 31.4 Å². The van der Waals surface area contributed by atoms with Crippen molar-refractivity contribution in [3.63, 3.8) is 0 Å². The number of hydrogen-bond donors (Lipinski definition) is 0. The molecule has 4 nitrogen and oxygen atoms in total. The highest BCUT2D eigenvalue weighted by atomic mass is 35.5. The summed E-state index contributed by atoms with van der Waals surface area (Å²) in [7, 11) is 0. The van der Waals surface area contributed by atoms with Crippen LogP contribution in [0, 0.1) is 0 Å². The van der Waals surface area contributed by atoms with Gasteiger partial charge in [-0.25, -0.2) is 4.98 Å². The molecular weight excluding hydrogens is 380 g/mol. The van der Waals surface area contributed by atoms with Gasteiger partial charge in [0.25, 0.3) is 5.91 Å². The first kappa shape index (κ1) is 18.3. The minimum Gasteiger partial charge on any atom is -0.479 e. The molecule has 1 fully saturated rings. The van der Waals surface area contributed by atoms with Crippen LogP contribution in [0.2, 0.25) is 5.02 Å². The molecule has 3 aromatic rings. The van der Waals surface area contributed by atoms with Crippen LogP contribution in [0.25, 0.3) is 10.2 Å². The maximum absolute atomic E-state index is 12.7. The fraction of sp³-hybridized carbons (Fsp3) is 0.333. The molecule has 6 heteroatoms. The van der Waals surface area contributed by atoms with E-state index in [1.807, 2.05) is 29.2 Å². The van der Waals surface area contributed by atoms with Crippen molar-refractivity contribution in [3.05, 3.63) is 58.6 Å². The molecule has 0 unspecified atom stereocenters. The molecule has 27 heavy (non-hydrogen) atoms. The Morgan fingerprint density at radius 2 is 1.89 bits per heavy atom. The number of likely N-dealkylation sites (tertiary alicyclic amines) is 1. The van der Waals surface area contributed by atoms with Gasteiger partial charge in [-0.3, -0.25) is 4.79 Å². The summed E-state index contributed by atoms with van der Waals surface area (Å²) in [6, 6.07) is 15.5. The third-order valence-electron chi connectivity index (χ3n) is 4.95. The standard InChI is InChI=1S/C21H21ClN2O2S/c1-14(26-18-8-4-2-6-16(18)22)21(25)24-12-10-15(11-13-24)20-23-17-7-3-5-9-19(17)27-20/h2-9,14-15H,10-13H2,1H3/t14-/m1/s1. The van der Waals surface area contributed by atoms with Gasteiger partial charge in [0, 0.05) is 19.0 Å². The van der Waals surface area contributed by atoms with E-state index >= 15 is 0 Å². The molecular formula is C21H21ClN2O2S. The molecule has 0 aliphatic carbocycles. The second-order valence-corrected chi connectivity index (χ2v) is 8.28. The summed E-state index contributed by atoms with van der Waals surface area (Å²) in [6.45, 7) is 3.25. The molecule has 0 saturated carbocycles. The van der Waals surface area contributed by atoms with E-state index in [-0.39, 0.29) is 5.91 Å². The van der Waals surface area contributed by atoms with Crippen LogP contribution in [-0.4, -0.2) is 35.0 Å². The maximum atomic E-state index is 12.7. The maximum Gasteiger partial charge on any atom is 0.263 e. The van der Waals surface area contributed by atoms with Gasteiger partial charge in [-0.1, -0.05) is 35.9 Å². The van der Waals surface area contributed by atoms with E-state index in [1.165, 1.54) is 9.71 Å². The first-order valence-electron chi connectivity index (χ1n) is 9.17. The minimum absolute atomic E-state index is 0.0117. The zero-order valence-corrected chi connectivity index (χ0v) is 16.7.